The second-order valence-corrected chi connectivity index (χ2v) is 7.52. The van der Waals surface area contributed by atoms with E-state index in [0.717, 1.165) is 48.1 Å². The van der Waals surface area contributed by atoms with Crippen molar-refractivity contribution in [3.8, 4) is 11.3 Å². The Morgan fingerprint density at radius 1 is 1.07 bits per heavy atom. The Labute approximate surface area is 169 Å². The predicted octanol–water partition coefficient (Wildman–Crippen LogP) is 2.68. The van der Waals surface area contributed by atoms with Gasteiger partial charge in [-0.05, 0) is 36.8 Å². The van der Waals surface area contributed by atoms with Crippen molar-refractivity contribution in [2.45, 2.75) is 50.8 Å². The maximum atomic E-state index is 12.4. The summed E-state index contributed by atoms with van der Waals surface area (Å²) in [5.74, 6) is 0.0502. The smallest absolute Gasteiger partial charge is 0.224 e. The maximum Gasteiger partial charge on any atom is 0.224 e. The van der Waals surface area contributed by atoms with Crippen molar-refractivity contribution in [3.05, 3.63) is 66.4 Å². The largest absolute Gasteiger partial charge is 0.392 e. The third kappa shape index (κ3) is 4.86. The van der Waals surface area contributed by atoms with Crippen LogP contribution in [-0.4, -0.2) is 36.8 Å². The normalized spacial score (nSPS) is 19.1. The maximum absolute atomic E-state index is 12.4. The van der Waals surface area contributed by atoms with E-state index < -0.39 is 0 Å². The molecule has 2 heterocycles. The number of carbonyl (C=O) groups excluding carboxylic acids is 1. The zero-order valence-corrected chi connectivity index (χ0v) is 16.2. The van der Waals surface area contributed by atoms with E-state index in [1.54, 1.807) is 18.6 Å². The summed E-state index contributed by atoms with van der Waals surface area (Å²) in [6.45, 7) is 0.0201. The summed E-state index contributed by atoms with van der Waals surface area (Å²) in [5.41, 5.74) is 3.61. The Balaban J connectivity index is 1.27. The van der Waals surface area contributed by atoms with Crippen LogP contribution in [0.5, 0.6) is 0 Å². The number of nitrogens with one attached hydrogen (secondary N) is 1. The Hall–Kier alpha value is -3.06. The molecule has 7 nitrogen and oxygen atoms in total. The van der Waals surface area contributed by atoms with Gasteiger partial charge >= 0.3 is 0 Å². The highest BCUT2D eigenvalue weighted by molar-refractivity contribution is 5.78. The number of aromatic nitrogens is 4. The minimum absolute atomic E-state index is 0.0201. The van der Waals surface area contributed by atoms with E-state index in [2.05, 4.69) is 20.4 Å². The van der Waals surface area contributed by atoms with E-state index in [-0.39, 0.29) is 18.6 Å². The number of aliphatic hydroxyl groups excluding tert-OH is 1. The number of aliphatic hydroxyl groups is 1. The van der Waals surface area contributed by atoms with Crippen molar-refractivity contribution in [2.24, 2.45) is 0 Å². The zero-order valence-electron chi connectivity index (χ0n) is 16.2. The van der Waals surface area contributed by atoms with Crippen LogP contribution in [0, 0.1) is 0 Å². The molecule has 0 saturated heterocycles. The van der Waals surface area contributed by atoms with E-state index in [4.69, 9.17) is 5.11 Å². The van der Waals surface area contributed by atoms with Crippen molar-refractivity contribution in [3.63, 3.8) is 0 Å². The van der Waals surface area contributed by atoms with Gasteiger partial charge in [-0.1, -0.05) is 24.3 Å². The van der Waals surface area contributed by atoms with E-state index in [1.807, 2.05) is 41.3 Å². The first-order valence-corrected chi connectivity index (χ1v) is 10.00. The first-order chi connectivity index (χ1) is 14.2. The van der Waals surface area contributed by atoms with Crippen LogP contribution in [0.4, 0.5) is 0 Å². The Kier molecular flexibility index (Phi) is 5.95. The van der Waals surface area contributed by atoms with Crippen LogP contribution in [0.3, 0.4) is 0 Å². The molecule has 1 fully saturated rings. The van der Waals surface area contributed by atoms with Gasteiger partial charge < -0.3 is 10.4 Å². The molecule has 0 atom stereocenters. The third-order valence-corrected chi connectivity index (χ3v) is 5.47. The van der Waals surface area contributed by atoms with Gasteiger partial charge in [0.05, 0.1) is 37.2 Å². The lowest BCUT2D eigenvalue weighted by atomic mass is 9.91. The molecule has 2 aromatic heterocycles. The number of rotatable bonds is 6. The molecule has 1 amide bonds. The molecule has 0 spiro atoms. The molecular weight excluding hydrogens is 366 g/mol. The van der Waals surface area contributed by atoms with Gasteiger partial charge in [0, 0.05) is 30.2 Å². The SMILES string of the molecule is O=C(Cc1ccc(CO)cc1)NC1CCC(n2cc(-c3cnccn3)cn2)CC1. The Morgan fingerprint density at radius 2 is 1.83 bits per heavy atom. The molecular formula is C22H25N5O2. The van der Waals surface area contributed by atoms with Crippen LogP contribution in [0.2, 0.25) is 0 Å². The molecule has 1 aliphatic carbocycles. The highest BCUT2D eigenvalue weighted by Gasteiger charge is 2.24. The van der Waals surface area contributed by atoms with E-state index in [0.29, 0.717) is 12.5 Å². The average Bonchev–Trinajstić information content (AvgIpc) is 3.26. The molecule has 0 aliphatic heterocycles. The van der Waals surface area contributed by atoms with Crippen LogP contribution < -0.4 is 5.32 Å². The minimum Gasteiger partial charge on any atom is -0.392 e. The number of hydrogen-bond donors (Lipinski definition) is 2. The summed E-state index contributed by atoms with van der Waals surface area (Å²) in [6.07, 6.45) is 13.2. The molecule has 1 saturated carbocycles. The monoisotopic (exact) mass is 391 g/mol. The highest BCUT2D eigenvalue weighted by atomic mass is 16.3. The van der Waals surface area contributed by atoms with Gasteiger partial charge in [-0.25, -0.2) is 0 Å². The summed E-state index contributed by atoms with van der Waals surface area (Å²) in [6, 6.07) is 8.06. The van der Waals surface area contributed by atoms with Crippen LogP contribution in [0.15, 0.2) is 55.2 Å². The second kappa shape index (κ2) is 8.96. The zero-order chi connectivity index (χ0) is 20.1. The highest BCUT2D eigenvalue weighted by Crippen LogP contribution is 2.29. The minimum atomic E-state index is 0.0201. The lowest BCUT2D eigenvalue weighted by molar-refractivity contribution is -0.121. The van der Waals surface area contributed by atoms with Crippen LogP contribution in [0.1, 0.15) is 42.9 Å². The van der Waals surface area contributed by atoms with Crippen molar-refractivity contribution in [2.75, 3.05) is 0 Å². The van der Waals surface area contributed by atoms with Crippen LogP contribution in [-0.2, 0) is 17.8 Å². The summed E-state index contributed by atoms with van der Waals surface area (Å²) >= 11 is 0. The number of nitrogens with zero attached hydrogens (tertiary/aromatic N) is 4. The summed E-state index contributed by atoms with van der Waals surface area (Å²) in [4.78, 5) is 20.8. The molecule has 0 bridgehead atoms. The topological polar surface area (TPSA) is 92.9 Å². The van der Waals surface area contributed by atoms with E-state index in [1.165, 1.54) is 0 Å². The lowest BCUT2D eigenvalue weighted by Crippen LogP contribution is -2.38. The van der Waals surface area contributed by atoms with Crippen molar-refractivity contribution < 1.29 is 9.90 Å². The van der Waals surface area contributed by atoms with E-state index in [9.17, 15) is 4.79 Å². The molecule has 0 radical (unpaired) electrons. The van der Waals surface area contributed by atoms with Gasteiger partial charge in [0.1, 0.15) is 0 Å². The van der Waals surface area contributed by atoms with Crippen molar-refractivity contribution in [1.82, 2.24) is 25.1 Å². The first kappa shape index (κ1) is 19.3. The average molecular weight is 391 g/mol. The molecule has 1 aliphatic rings. The number of benzene rings is 1. The summed E-state index contributed by atoms with van der Waals surface area (Å²) in [7, 11) is 0. The standard InChI is InChI=1S/C22H25N5O2/c28-15-17-3-1-16(2-4-17)11-22(29)26-19-5-7-20(8-6-19)27-14-18(12-25-27)21-13-23-9-10-24-21/h1-4,9-10,12-14,19-20,28H,5-8,11,15H2,(H,26,29). The lowest BCUT2D eigenvalue weighted by Gasteiger charge is -2.29. The molecule has 29 heavy (non-hydrogen) atoms. The number of hydrogen-bond acceptors (Lipinski definition) is 5. The summed E-state index contributed by atoms with van der Waals surface area (Å²) in [5, 5.41) is 16.8. The van der Waals surface area contributed by atoms with Gasteiger partial charge in [0.2, 0.25) is 5.91 Å². The fourth-order valence-electron chi connectivity index (χ4n) is 3.83. The van der Waals surface area contributed by atoms with Gasteiger partial charge in [-0.3, -0.25) is 19.4 Å². The molecule has 7 heteroatoms. The molecule has 4 rings (SSSR count). The Bertz CT molecular complexity index is 931. The van der Waals surface area contributed by atoms with Gasteiger partial charge in [-0.2, -0.15) is 5.10 Å². The van der Waals surface area contributed by atoms with Crippen molar-refractivity contribution >= 4 is 5.91 Å². The summed E-state index contributed by atoms with van der Waals surface area (Å²) < 4.78 is 2.02. The van der Waals surface area contributed by atoms with Crippen molar-refractivity contribution in [1.29, 1.82) is 0 Å². The number of carbonyl (C=O) groups is 1. The molecule has 0 unspecified atom stereocenters. The number of amides is 1. The molecule has 150 valence electrons. The molecule has 3 aromatic rings. The quantitative estimate of drug-likeness (QED) is 0.674. The second-order valence-electron chi connectivity index (χ2n) is 7.52. The first-order valence-electron chi connectivity index (χ1n) is 10.00. The Morgan fingerprint density at radius 3 is 2.52 bits per heavy atom. The fraction of sp³-hybridized carbons (Fsp3) is 0.364. The fourth-order valence-corrected chi connectivity index (χ4v) is 3.83. The molecule has 2 N–H and O–H groups in total. The predicted molar refractivity (Wildman–Crippen MR) is 109 cm³/mol. The van der Waals surface area contributed by atoms with Gasteiger partial charge in [0.25, 0.3) is 0 Å². The van der Waals surface area contributed by atoms with Crippen LogP contribution in [0.25, 0.3) is 11.3 Å². The van der Waals surface area contributed by atoms with Gasteiger partial charge in [-0.15, -0.1) is 0 Å². The van der Waals surface area contributed by atoms with Crippen LogP contribution >= 0.6 is 0 Å². The third-order valence-electron chi connectivity index (χ3n) is 5.47. The van der Waals surface area contributed by atoms with E-state index >= 15 is 0 Å². The van der Waals surface area contributed by atoms with Gasteiger partial charge in [0.15, 0.2) is 0 Å². The molecule has 1 aromatic carbocycles.